The molecule has 34 heavy (non-hydrogen) atoms. The van der Waals surface area contributed by atoms with Crippen LogP contribution >= 0.6 is 0 Å². The first kappa shape index (κ1) is 24.2. The second-order valence-electron chi connectivity index (χ2n) is 9.12. The highest BCUT2D eigenvalue weighted by atomic mass is 32.2. The zero-order valence-corrected chi connectivity index (χ0v) is 20.5. The van der Waals surface area contributed by atoms with E-state index in [0.29, 0.717) is 42.9 Å². The Hall–Kier alpha value is -2.91. The fourth-order valence-electron chi connectivity index (χ4n) is 4.43. The molecule has 2 aromatic rings. The Kier molecular flexibility index (Phi) is 6.95. The number of anilines is 1. The maximum atomic E-state index is 13.5. The summed E-state index contributed by atoms with van der Waals surface area (Å²) >= 11 is 0. The van der Waals surface area contributed by atoms with Crippen LogP contribution in [0, 0.1) is 12.8 Å². The van der Waals surface area contributed by atoms with Crippen molar-refractivity contribution in [1.29, 1.82) is 0 Å². The number of carbonyl (C=O) groups is 2. The van der Waals surface area contributed by atoms with Crippen LogP contribution in [0.5, 0.6) is 5.75 Å². The molecule has 2 aliphatic heterocycles. The summed E-state index contributed by atoms with van der Waals surface area (Å²) in [7, 11) is -3.84. The molecule has 2 heterocycles. The van der Waals surface area contributed by atoms with Gasteiger partial charge in [0.15, 0.2) is 6.10 Å². The standard InChI is InChI=1S/C25H31N3O5S/c1-16-12-21-22(33-18(3)24(29)27-21)13-23(16)34(31,32)28-11-7-10-20(15-28)25(30)26-14-17(2)19-8-5-4-6-9-19/h4-6,8-9,12-13,17-18,20H,7,10-11,14-15H2,1-3H3,(H,26,30)(H,27,29)/t17-,18-,20+/m1/s1. The molecule has 0 spiro atoms. The van der Waals surface area contributed by atoms with Gasteiger partial charge < -0.3 is 15.4 Å². The van der Waals surface area contributed by atoms with Crippen LogP contribution in [0.1, 0.15) is 43.7 Å². The van der Waals surface area contributed by atoms with E-state index >= 15 is 0 Å². The molecule has 4 rings (SSSR count). The third-order valence-corrected chi connectivity index (χ3v) is 8.54. The molecule has 1 saturated heterocycles. The zero-order valence-electron chi connectivity index (χ0n) is 19.7. The Bertz CT molecular complexity index is 1180. The number of aryl methyl sites for hydroxylation is 1. The van der Waals surface area contributed by atoms with Crippen molar-refractivity contribution in [2.24, 2.45) is 5.92 Å². The molecule has 182 valence electrons. The van der Waals surface area contributed by atoms with Gasteiger partial charge in [-0.25, -0.2) is 8.42 Å². The van der Waals surface area contributed by atoms with Gasteiger partial charge in [-0.15, -0.1) is 0 Å². The lowest BCUT2D eigenvalue weighted by molar-refractivity contribution is -0.126. The number of hydrogen-bond acceptors (Lipinski definition) is 5. The summed E-state index contributed by atoms with van der Waals surface area (Å²) in [4.78, 5) is 24.9. The quantitative estimate of drug-likeness (QED) is 0.654. The fraction of sp³-hybridized carbons (Fsp3) is 0.440. The van der Waals surface area contributed by atoms with Crippen molar-refractivity contribution in [3.05, 3.63) is 53.6 Å². The summed E-state index contributed by atoms with van der Waals surface area (Å²) in [5, 5.41) is 5.74. The Balaban J connectivity index is 1.45. The van der Waals surface area contributed by atoms with Crippen LogP contribution in [-0.4, -0.2) is 50.3 Å². The van der Waals surface area contributed by atoms with Crippen LogP contribution in [0.4, 0.5) is 5.69 Å². The van der Waals surface area contributed by atoms with E-state index in [1.165, 1.54) is 10.4 Å². The predicted molar refractivity (Wildman–Crippen MR) is 129 cm³/mol. The van der Waals surface area contributed by atoms with Gasteiger partial charge in [0.25, 0.3) is 5.91 Å². The molecule has 0 aromatic heterocycles. The Labute approximate surface area is 200 Å². The molecule has 0 unspecified atom stereocenters. The van der Waals surface area contributed by atoms with Crippen molar-refractivity contribution in [2.75, 3.05) is 25.0 Å². The smallest absolute Gasteiger partial charge is 0.265 e. The van der Waals surface area contributed by atoms with Gasteiger partial charge in [0.1, 0.15) is 5.75 Å². The number of piperidine rings is 1. The van der Waals surface area contributed by atoms with E-state index < -0.39 is 22.0 Å². The molecule has 0 radical (unpaired) electrons. The van der Waals surface area contributed by atoms with Gasteiger partial charge >= 0.3 is 0 Å². The van der Waals surface area contributed by atoms with Crippen molar-refractivity contribution < 1.29 is 22.7 Å². The van der Waals surface area contributed by atoms with Crippen molar-refractivity contribution in [3.8, 4) is 5.75 Å². The number of nitrogens with zero attached hydrogens (tertiary/aromatic N) is 1. The minimum absolute atomic E-state index is 0.121. The van der Waals surface area contributed by atoms with Crippen LogP contribution in [-0.2, 0) is 19.6 Å². The highest BCUT2D eigenvalue weighted by Gasteiger charge is 2.35. The second kappa shape index (κ2) is 9.76. The Morgan fingerprint density at radius 1 is 1.26 bits per heavy atom. The molecule has 2 N–H and O–H groups in total. The largest absolute Gasteiger partial charge is 0.479 e. The van der Waals surface area contributed by atoms with Crippen molar-refractivity contribution in [2.45, 2.75) is 50.5 Å². The first-order valence-corrected chi connectivity index (χ1v) is 13.1. The number of fused-ring (bicyclic) bond motifs is 1. The van der Waals surface area contributed by atoms with Crippen LogP contribution in [0.3, 0.4) is 0 Å². The lowest BCUT2D eigenvalue weighted by Gasteiger charge is -2.32. The molecular weight excluding hydrogens is 454 g/mol. The topological polar surface area (TPSA) is 105 Å². The van der Waals surface area contributed by atoms with E-state index in [2.05, 4.69) is 17.6 Å². The monoisotopic (exact) mass is 485 g/mol. The SMILES string of the molecule is Cc1cc2c(cc1S(=O)(=O)N1CCC[C@H](C(=O)NC[C@@H](C)c3ccccc3)C1)O[C@H](C)C(=O)N2. The van der Waals surface area contributed by atoms with Gasteiger partial charge in [-0.05, 0) is 49.8 Å². The number of nitrogens with one attached hydrogen (secondary N) is 2. The van der Waals surface area contributed by atoms with Crippen LogP contribution in [0.2, 0.25) is 0 Å². The highest BCUT2D eigenvalue weighted by molar-refractivity contribution is 7.89. The first-order chi connectivity index (χ1) is 16.2. The number of ether oxygens (including phenoxy) is 1. The van der Waals surface area contributed by atoms with Crippen molar-refractivity contribution in [3.63, 3.8) is 0 Å². The molecule has 9 heteroatoms. The molecule has 8 nitrogen and oxygen atoms in total. The number of benzene rings is 2. The van der Waals surface area contributed by atoms with Gasteiger partial charge in [-0.3, -0.25) is 9.59 Å². The zero-order chi connectivity index (χ0) is 24.5. The summed E-state index contributed by atoms with van der Waals surface area (Å²) in [6.07, 6.45) is 0.555. The van der Waals surface area contributed by atoms with E-state index in [4.69, 9.17) is 4.74 Å². The molecule has 2 amide bonds. The summed E-state index contributed by atoms with van der Waals surface area (Å²) in [6.45, 7) is 6.35. The predicted octanol–water partition coefficient (Wildman–Crippen LogP) is 3.04. The third-order valence-electron chi connectivity index (χ3n) is 6.53. The van der Waals surface area contributed by atoms with E-state index in [9.17, 15) is 18.0 Å². The third kappa shape index (κ3) is 4.95. The fourth-order valence-corrected chi connectivity index (χ4v) is 6.18. The minimum atomic E-state index is -3.84. The molecule has 1 fully saturated rings. The number of rotatable bonds is 6. The van der Waals surface area contributed by atoms with E-state index in [-0.39, 0.29) is 29.2 Å². The lowest BCUT2D eigenvalue weighted by Crippen LogP contribution is -2.46. The maximum absolute atomic E-state index is 13.5. The van der Waals surface area contributed by atoms with Gasteiger partial charge in [-0.1, -0.05) is 37.3 Å². The normalized spacial score (nSPS) is 21.7. The highest BCUT2D eigenvalue weighted by Crippen LogP contribution is 2.36. The van der Waals surface area contributed by atoms with Crippen LogP contribution in [0.15, 0.2) is 47.4 Å². The number of hydrogen-bond donors (Lipinski definition) is 2. The average Bonchev–Trinajstić information content (AvgIpc) is 2.83. The van der Waals surface area contributed by atoms with E-state index in [0.717, 1.165) is 5.56 Å². The van der Waals surface area contributed by atoms with E-state index in [1.807, 2.05) is 30.3 Å². The van der Waals surface area contributed by atoms with Crippen molar-refractivity contribution in [1.82, 2.24) is 9.62 Å². The van der Waals surface area contributed by atoms with Crippen LogP contribution < -0.4 is 15.4 Å². The lowest BCUT2D eigenvalue weighted by atomic mass is 9.97. The Morgan fingerprint density at radius 2 is 2.00 bits per heavy atom. The Morgan fingerprint density at radius 3 is 2.74 bits per heavy atom. The first-order valence-electron chi connectivity index (χ1n) is 11.6. The summed E-state index contributed by atoms with van der Waals surface area (Å²) in [5.41, 5.74) is 2.12. The molecule has 2 aliphatic rings. The molecule has 0 aliphatic carbocycles. The molecule has 0 saturated carbocycles. The summed E-state index contributed by atoms with van der Waals surface area (Å²) < 4.78 is 34.0. The molecule has 3 atom stereocenters. The van der Waals surface area contributed by atoms with Gasteiger partial charge in [-0.2, -0.15) is 4.31 Å². The molecular formula is C25H31N3O5S. The van der Waals surface area contributed by atoms with Gasteiger partial charge in [0.2, 0.25) is 15.9 Å². The number of sulfonamides is 1. The van der Waals surface area contributed by atoms with Gasteiger partial charge in [0.05, 0.1) is 16.5 Å². The maximum Gasteiger partial charge on any atom is 0.265 e. The van der Waals surface area contributed by atoms with E-state index in [1.54, 1.807) is 19.9 Å². The molecule has 2 aromatic carbocycles. The second-order valence-corrected chi connectivity index (χ2v) is 11.0. The van der Waals surface area contributed by atoms with Crippen LogP contribution in [0.25, 0.3) is 0 Å². The minimum Gasteiger partial charge on any atom is -0.479 e. The summed E-state index contributed by atoms with van der Waals surface area (Å²) in [5.74, 6) is -0.300. The number of carbonyl (C=O) groups excluding carboxylic acids is 2. The average molecular weight is 486 g/mol. The van der Waals surface area contributed by atoms with Gasteiger partial charge in [0, 0.05) is 25.7 Å². The molecule has 0 bridgehead atoms. The van der Waals surface area contributed by atoms with Crippen molar-refractivity contribution >= 4 is 27.5 Å². The number of amides is 2. The summed E-state index contributed by atoms with van der Waals surface area (Å²) in [6, 6.07) is 13.1.